The number of carbonyl (C=O) groups is 1. The topological polar surface area (TPSA) is 87.0 Å². The van der Waals surface area contributed by atoms with Gasteiger partial charge in [0.2, 0.25) is 0 Å². The fourth-order valence-electron chi connectivity index (χ4n) is 5.56. The average molecular weight is 350 g/mol. The number of hydrogen-bond donors (Lipinski definition) is 3. The second-order valence-corrected chi connectivity index (χ2v) is 8.54. The predicted octanol–water partition coefficient (Wildman–Crippen LogP) is 1.96. The number of aliphatic hydroxyl groups is 3. The average Bonchev–Trinajstić information content (AvgIpc) is 2.89. The summed E-state index contributed by atoms with van der Waals surface area (Å²) in [6.45, 7) is 8.50. The summed E-state index contributed by atoms with van der Waals surface area (Å²) >= 11 is 0. The third-order valence-corrected chi connectivity index (χ3v) is 7.23. The Hall–Kier alpha value is -1.17. The first-order valence-electron chi connectivity index (χ1n) is 9.26. The fraction of sp³-hybridized carbons (Fsp3) is 0.750. The molecule has 6 atom stereocenters. The van der Waals surface area contributed by atoms with Crippen molar-refractivity contribution < 1.29 is 24.9 Å². The van der Waals surface area contributed by atoms with Crippen LogP contribution in [0.4, 0.5) is 0 Å². The summed E-state index contributed by atoms with van der Waals surface area (Å²) < 4.78 is 4.90. The molecule has 0 aromatic rings. The van der Waals surface area contributed by atoms with Gasteiger partial charge in [0.25, 0.3) is 0 Å². The molecule has 3 fully saturated rings. The van der Waals surface area contributed by atoms with Crippen molar-refractivity contribution in [2.45, 2.75) is 58.2 Å². The molecule has 3 N–H and O–H groups in total. The van der Waals surface area contributed by atoms with Crippen molar-refractivity contribution in [3.05, 3.63) is 23.8 Å². The third-order valence-electron chi connectivity index (χ3n) is 7.23. The first-order chi connectivity index (χ1) is 11.7. The number of esters is 1. The van der Waals surface area contributed by atoms with E-state index in [2.05, 4.69) is 13.5 Å². The lowest BCUT2D eigenvalue weighted by atomic mass is 9.46. The number of rotatable bonds is 3. The molecule has 0 aromatic heterocycles. The minimum absolute atomic E-state index is 0.0280. The zero-order valence-electron chi connectivity index (χ0n) is 15.2. The molecular weight excluding hydrogens is 320 g/mol. The van der Waals surface area contributed by atoms with Crippen molar-refractivity contribution in [2.75, 3.05) is 13.2 Å². The molecule has 25 heavy (non-hydrogen) atoms. The summed E-state index contributed by atoms with van der Waals surface area (Å²) in [7, 11) is 0. The quantitative estimate of drug-likeness (QED) is 0.411. The Bertz CT molecular complexity index is 597. The number of fused-ring (bicyclic) bond motifs is 1. The van der Waals surface area contributed by atoms with Crippen LogP contribution < -0.4 is 0 Å². The predicted molar refractivity (Wildman–Crippen MR) is 93.6 cm³/mol. The maximum atomic E-state index is 11.8. The minimum Gasteiger partial charge on any atom is -0.459 e. The van der Waals surface area contributed by atoms with Gasteiger partial charge in [-0.2, -0.15) is 0 Å². The van der Waals surface area contributed by atoms with Crippen LogP contribution >= 0.6 is 0 Å². The van der Waals surface area contributed by atoms with Crippen molar-refractivity contribution in [1.29, 1.82) is 0 Å². The summed E-state index contributed by atoms with van der Waals surface area (Å²) in [5.74, 6) is -0.0734. The van der Waals surface area contributed by atoms with Crippen molar-refractivity contribution in [3.63, 3.8) is 0 Å². The molecule has 0 aromatic carbocycles. The van der Waals surface area contributed by atoms with E-state index in [1.807, 2.05) is 13.0 Å². The molecule has 0 amide bonds. The van der Waals surface area contributed by atoms with Gasteiger partial charge in [-0.15, -0.1) is 0 Å². The zero-order chi connectivity index (χ0) is 18.4. The summed E-state index contributed by atoms with van der Waals surface area (Å²) in [5.41, 5.74) is 0.911. The van der Waals surface area contributed by atoms with Crippen LogP contribution in [0.3, 0.4) is 0 Å². The largest absolute Gasteiger partial charge is 0.459 e. The van der Waals surface area contributed by atoms with Crippen molar-refractivity contribution in [2.24, 2.45) is 22.7 Å². The standard InChI is InChI=1S/C20H30O5/c1-12-4-7-16-19(2,9-8-17(23)20(16,3)11-21)14(12)6-5-13-15(22)10-25-18(13)24/h5,14-17,21-23H,1,4,6-11H2,2-3H3/b13-5-/t14-,15+,16+,17-,19-,20+/m1/s1. The van der Waals surface area contributed by atoms with Gasteiger partial charge < -0.3 is 20.1 Å². The van der Waals surface area contributed by atoms with Gasteiger partial charge >= 0.3 is 5.97 Å². The van der Waals surface area contributed by atoms with E-state index in [0.29, 0.717) is 18.4 Å². The van der Waals surface area contributed by atoms with E-state index in [0.717, 1.165) is 24.8 Å². The molecule has 3 aliphatic rings. The fourth-order valence-corrected chi connectivity index (χ4v) is 5.56. The van der Waals surface area contributed by atoms with Crippen LogP contribution in [0.1, 0.15) is 46.0 Å². The molecule has 1 heterocycles. The van der Waals surface area contributed by atoms with E-state index >= 15 is 0 Å². The first-order valence-corrected chi connectivity index (χ1v) is 9.26. The second kappa shape index (κ2) is 6.53. The molecule has 1 aliphatic heterocycles. The van der Waals surface area contributed by atoms with E-state index in [9.17, 15) is 20.1 Å². The van der Waals surface area contributed by atoms with Crippen LogP contribution in [0.5, 0.6) is 0 Å². The van der Waals surface area contributed by atoms with Crippen LogP contribution in [0.25, 0.3) is 0 Å². The van der Waals surface area contributed by atoms with Gasteiger partial charge in [-0.05, 0) is 49.4 Å². The maximum absolute atomic E-state index is 11.8. The Kier molecular flexibility index (Phi) is 4.86. The molecule has 5 heteroatoms. The number of carbonyl (C=O) groups excluding carboxylic acids is 1. The molecular formula is C20H30O5. The van der Waals surface area contributed by atoms with Crippen molar-refractivity contribution in [3.8, 4) is 0 Å². The van der Waals surface area contributed by atoms with E-state index in [4.69, 9.17) is 4.74 Å². The number of aliphatic hydroxyl groups excluding tert-OH is 3. The Morgan fingerprint density at radius 2 is 2.04 bits per heavy atom. The van der Waals surface area contributed by atoms with Crippen LogP contribution in [0.15, 0.2) is 23.8 Å². The number of ether oxygens (including phenoxy) is 1. The monoisotopic (exact) mass is 350 g/mol. The Labute approximate surface area is 149 Å². The summed E-state index contributed by atoms with van der Waals surface area (Å²) in [6, 6.07) is 0. The summed E-state index contributed by atoms with van der Waals surface area (Å²) in [4.78, 5) is 11.8. The van der Waals surface area contributed by atoms with Crippen LogP contribution in [-0.2, 0) is 9.53 Å². The van der Waals surface area contributed by atoms with Gasteiger partial charge in [0.05, 0.1) is 18.3 Å². The SMILES string of the molecule is C=C1CC[C@@H]2[C@](C)(CO)[C@H](O)CC[C@]2(C)[C@@H]1C/C=C1\C(=O)OC[C@@H]1O. The molecule has 3 rings (SSSR count). The maximum Gasteiger partial charge on any atom is 0.336 e. The van der Waals surface area contributed by atoms with E-state index in [1.54, 1.807) is 0 Å². The van der Waals surface area contributed by atoms with Gasteiger partial charge in [-0.1, -0.05) is 32.1 Å². The van der Waals surface area contributed by atoms with E-state index in [1.165, 1.54) is 0 Å². The molecule has 2 saturated carbocycles. The Balaban J connectivity index is 1.89. The summed E-state index contributed by atoms with van der Waals surface area (Å²) in [6.07, 6.45) is 4.42. The van der Waals surface area contributed by atoms with Gasteiger partial charge in [0.15, 0.2) is 0 Å². The molecule has 5 nitrogen and oxygen atoms in total. The molecule has 1 saturated heterocycles. The lowest BCUT2D eigenvalue weighted by molar-refractivity contribution is -0.151. The number of hydrogen-bond acceptors (Lipinski definition) is 5. The Morgan fingerprint density at radius 1 is 1.32 bits per heavy atom. The lowest BCUT2D eigenvalue weighted by Crippen LogP contribution is -2.57. The minimum atomic E-state index is -0.844. The number of allylic oxidation sites excluding steroid dienone is 2. The molecule has 140 valence electrons. The lowest BCUT2D eigenvalue weighted by Gasteiger charge is -2.59. The van der Waals surface area contributed by atoms with Gasteiger partial charge in [0.1, 0.15) is 12.7 Å². The van der Waals surface area contributed by atoms with E-state index < -0.39 is 23.6 Å². The molecule has 0 radical (unpaired) electrons. The van der Waals surface area contributed by atoms with Gasteiger partial charge in [-0.25, -0.2) is 4.79 Å². The third kappa shape index (κ3) is 2.86. The number of cyclic esters (lactones) is 1. The van der Waals surface area contributed by atoms with Crippen molar-refractivity contribution >= 4 is 5.97 Å². The summed E-state index contributed by atoms with van der Waals surface area (Å²) in [5, 5.41) is 30.4. The first kappa shape index (κ1) is 18.6. The van der Waals surface area contributed by atoms with Gasteiger partial charge in [0, 0.05) is 5.41 Å². The normalized spacial score (nSPS) is 46.2. The smallest absolute Gasteiger partial charge is 0.336 e. The van der Waals surface area contributed by atoms with Crippen LogP contribution in [0, 0.1) is 22.7 Å². The second-order valence-electron chi connectivity index (χ2n) is 8.54. The molecule has 0 spiro atoms. The molecule has 0 bridgehead atoms. The van der Waals surface area contributed by atoms with Crippen molar-refractivity contribution in [1.82, 2.24) is 0 Å². The molecule has 0 unspecified atom stereocenters. The highest BCUT2D eigenvalue weighted by Gasteiger charge is 2.57. The highest BCUT2D eigenvalue weighted by Crippen LogP contribution is 2.61. The van der Waals surface area contributed by atoms with Crippen LogP contribution in [-0.4, -0.2) is 46.7 Å². The van der Waals surface area contributed by atoms with Crippen LogP contribution in [0.2, 0.25) is 0 Å². The highest BCUT2D eigenvalue weighted by molar-refractivity contribution is 5.91. The Morgan fingerprint density at radius 3 is 2.64 bits per heavy atom. The van der Waals surface area contributed by atoms with Gasteiger partial charge in [-0.3, -0.25) is 0 Å². The highest BCUT2D eigenvalue weighted by atomic mass is 16.6. The molecule has 2 aliphatic carbocycles. The zero-order valence-corrected chi connectivity index (χ0v) is 15.2. The van der Waals surface area contributed by atoms with E-state index in [-0.39, 0.29) is 30.5 Å².